The molecule has 0 saturated heterocycles. The second-order valence-electron chi connectivity index (χ2n) is 6.62. The van der Waals surface area contributed by atoms with Gasteiger partial charge in [0, 0.05) is 11.1 Å². The Hall–Kier alpha value is -4.26. The number of aryl methyl sites for hydroxylation is 1. The van der Waals surface area contributed by atoms with Crippen LogP contribution in [0.25, 0.3) is 22.9 Å². The molecular formula is C23H18N4O3. The van der Waals surface area contributed by atoms with E-state index < -0.39 is 0 Å². The van der Waals surface area contributed by atoms with Gasteiger partial charge in [-0.05, 0) is 48.9 Å². The molecule has 1 heterocycles. The third-order valence-electron chi connectivity index (χ3n) is 4.38. The number of nitrogens with one attached hydrogen (secondary N) is 1. The molecule has 1 aromatic heterocycles. The van der Waals surface area contributed by atoms with E-state index >= 15 is 0 Å². The lowest BCUT2D eigenvalue weighted by molar-refractivity contribution is 0.0955. The highest BCUT2D eigenvalue weighted by Crippen LogP contribution is 2.29. The van der Waals surface area contributed by atoms with Crippen molar-refractivity contribution < 1.29 is 14.3 Å². The van der Waals surface area contributed by atoms with Gasteiger partial charge in [-0.3, -0.25) is 4.79 Å². The van der Waals surface area contributed by atoms with Crippen LogP contribution in [0.15, 0.2) is 82.3 Å². The molecule has 30 heavy (non-hydrogen) atoms. The van der Waals surface area contributed by atoms with Crippen molar-refractivity contribution in [3.05, 3.63) is 89.5 Å². The first kappa shape index (κ1) is 19.1. The number of aromatic nitrogens is 2. The summed E-state index contributed by atoms with van der Waals surface area (Å²) in [5.41, 5.74) is 6.09. The Kier molecular flexibility index (Phi) is 5.34. The zero-order chi connectivity index (χ0) is 20.9. The maximum Gasteiger partial charge on any atom is 0.271 e. The number of phenolic OH excluding ortho intramolecular Hbond substituents is 1. The largest absolute Gasteiger partial charge is 0.507 e. The lowest BCUT2D eigenvalue weighted by Crippen LogP contribution is -2.17. The van der Waals surface area contributed by atoms with E-state index in [2.05, 4.69) is 20.7 Å². The molecule has 0 atom stereocenters. The molecule has 0 aliphatic rings. The molecule has 0 spiro atoms. The van der Waals surface area contributed by atoms with Crippen LogP contribution >= 0.6 is 0 Å². The minimum Gasteiger partial charge on any atom is -0.507 e. The van der Waals surface area contributed by atoms with Gasteiger partial charge in [0.15, 0.2) is 0 Å². The van der Waals surface area contributed by atoms with Crippen LogP contribution < -0.4 is 5.43 Å². The Morgan fingerprint density at radius 2 is 1.77 bits per heavy atom. The first-order valence-corrected chi connectivity index (χ1v) is 9.22. The zero-order valence-corrected chi connectivity index (χ0v) is 16.1. The average Bonchev–Trinajstić information content (AvgIpc) is 3.24. The van der Waals surface area contributed by atoms with E-state index in [9.17, 15) is 9.90 Å². The lowest BCUT2D eigenvalue weighted by Gasteiger charge is -2.01. The van der Waals surface area contributed by atoms with Crippen LogP contribution in [0, 0.1) is 6.92 Å². The summed E-state index contributed by atoms with van der Waals surface area (Å²) >= 11 is 0. The molecule has 0 bridgehead atoms. The highest BCUT2D eigenvalue weighted by molar-refractivity contribution is 5.95. The summed E-state index contributed by atoms with van der Waals surface area (Å²) in [4.78, 5) is 12.3. The molecule has 0 radical (unpaired) electrons. The quantitative estimate of drug-likeness (QED) is 0.388. The lowest BCUT2D eigenvalue weighted by atomic mass is 10.1. The van der Waals surface area contributed by atoms with Crippen molar-refractivity contribution in [3.8, 4) is 28.7 Å². The standard InChI is InChI=1S/C23H18N4O3/c1-15-5-4-6-16(13-15)14-24-25-21(29)17-9-11-18(12-10-17)22-26-27-23(30-22)19-7-2-3-8-20(19)28/h2-14,28H,1H3,(H,25,29)/b24-14+. The Morgan fingerprint density at radius 3 is 2.53 bits per heavy atom. The van der Waals surface area contributed by atoms with Gasteiger partial charge in [-0.15, -0.1) is 10.2 Å². The molecule has 0 fully saturated rings. The van der Waals surface area contributed by atoms with E-state index in [4.69, 9.17) is 4.42 Å². The fourth-order valence-electron chi connectivity index (χ4n) is 2.85. The number of hydrogen-bond donors (Lipinski definition) is 2. The predicted molar refractivity (Wildman–Crippen MR) is 113 cm³/mol. The van der Waals surface area contributed by atoms with Gasteiger partial charge in [-0.1, -0.05) is 42.0 Å². The van der Waals surface area contributed by atoms with E-state index in [1.165, 1.54) is 0 Å². The van der Waals surface area contributed by atoms with Gasteiger partial charge in [0.25, 0.3) is 11.8 Å². The van der Waals surface area contributed by atoms with Gasteiger partial charge in [-0.2, -0.15) is 5.10 Å². The summed E-state index contributed by atoms with van der Waals surface area (Å²) in [5, 5.41) is 21.9. The first-order valence-electron chi connectivity index (χ1n) is 9.22. The third-order valence-corrected chi connectivity index (χ3v) is 4.38. The fourth-order valence-corrected chi connectivity index (χ4v) is 2.85. The van der Waals surface area contributed by atoms with Crippen molar-refractivity contribution in [2.24, 2.45) is 5.10 Å². The first-order chi connectivity index (χ1) is 14.6. The number of aromatic hydroxyl groups is 1. The van der Waals surface area contributed by atoms with Gasteiger partial charge in [0.05, 0.1) is 11.8 Å². The molecule has 7 nitrogen and oxygen atoms in total. The van der Waals surface area contributed by atoms with Crippen LogP contribution in [0.3, 0.4) is 0 Å². The fraction of sp³-hybridized carbons (Fsp3) is 0.0435. The number of amides is 1. The summed E-state index contributed by atoms with van der Waals surface area (Å²) in [7, 11) is 0. The Bertz CT molecular complexity index is 1210. The van der Waals surface area contributed by atoms with Gasteiger partial charge >= 0.3 is 0 Å². The van der Waals surface area contributed by atoms with Crippen LogP contribution in [0.4, 0.5) is 0 Å². The van der Waals surface area contributed by atoms with Gasteiger partial charge < -0.3 is 9.52 Å². The number of carbonyl (C=O) groups excluding carboxylic acids is 1. The summed E-state index contributed by atoms with van der Waals surface area (Å²) in [6.45, 7) is 1.99. The minimum absolute atomic E-state index is 0.0611. The normalized spacial score (nSPS) is 11.0. The second-order valence-corrected chi connectivity index (χ2v) is 6.62. The Balaban J connectivity index is 1.44. The number of benzene rings is 3. The number of para-hydroxylation sites is 1. The second kappa shape index (κ2) is 8.40. The Morgan fingerprint density at radius 1 is 1.00 bits per heavy atom. The number of rotatable bonds is 5. The average molecular weight is 398 g/mol. The van der Waals surface area contributed by atoms with Crippen molar-refractivity contribution in [1.82, 2.24) is 15.6 Å². The minimum atomic E-state index is -0.328. The van der Waals surface area contributed by atoms with Crippen LogP contribution in [0.1, 0.15) is 21.5 Å². The molecule has 148 valence electrons. The van der Waals surface area contributed by atoms with E-state index in [0.717, 1.165) is 11.1 Å². The van der Waals surface area contributed by atoms with Gasteiger partial charge in [0.1, 0.15) is 5.75 Å². The molecule has 0 aliphatic carbocycles. The molecule has 2 N–H and O–H groups in total. The molecule has 4 rings (SSSR count). The van der Waals surface area contributed by atoms with Crippen LogP contribution in [0.5, 0.6) is 5.75 Å². The van der Waals surface area contributed by atoms with Gasteiger partial charge in [-0.25, -0.2) is 5.43 Å². The predicted octanol–water partition coefficient (Wildman–Crippen LogP) is 4.18. The van der Waals surface area contributed by atoms with Crippen LogP contribution in [0.2, 0.25) is 0 Å². The van der Waals surface area contributed by atoms with Crippen LogP contribution in [-0.2, 0) is 0 Å². The highest BCUT2D eigenvalue weighted by atomic mass is 16.4. The maximum atomic E-state index is 12.3. The number of phenols is 1. The summed E-state index contributed by atoms with van der Waals surface area (Å²) in [5.74, 6) is 0.241. The molecule has 4 aromatic rings. The van der Waals surface area contributed by atoms with Crippen molar-refractivity contribution in [1.29, 1.82) is 0 Å². The molecule has 1 amide bonds. The Labute approximate surface area is 172 Å². The summed E-state index contributed by atoms with van der Waals surface area (Å²) < 4.78 is 5.65. The van der Waals surface area contributed by atoms with Crippen molar-refractivity contribution >= 4 is 12.1 Å². The molecular weight excluding hydrogens is 380 g/mol. The smallest absolute Gasteiger partial charge is 0.271 e. The summed E-state index contributed by atoms with van der Waals surface area (Å²) in [6.07, 6.45) is 1.60. The number of nitrogens with zero attached hydrogens (tertiary/aromatic N) is 3. The summed E-state index contributed by atoms with van der Waals surface area (Å²) in [6, 6.07) is 21.2. The molecule has 0 aliphatic heterocycles. The van der Waals surface area contributed by atoms with E-state index in [1.54, 1.807) is 54.7 Å². The molecule has 3 aromatic carbocycles. The van der Waals surface area contributed by atoms with E-state index in [1.807, 2.05) is 31.2 Å². The third kappa shape index (κ3) is 4.25. The highest BCUT2D eigenvalue weighted by Gasteiger charge is 2.14. The molecule has 7 heteroatoms. The van der Waals surface area contributed by atoms with Gasteiger partial charge in [0.2, 0.25) is 5.89 Å². The van der Waals surface area contributed by atoms with Crippen molar-refractivity contribution in [3.63, 3.8) is 0 Å². The SMILES string of the molecule is Cc1cccc(/C=N/NC(=O)c2ccc(-c3nnc(-c4ccccc4O)o3)cc2)c1. The van der Waals surface area contributed by atoms with Crippen molar-refractivity contribution in [2.75, 3.05) is 0 Å². The molecule has 0 saturated carbocycles. The van der Waals surface area contributed by atoms with Crippen molar-refractivity contribution in [2.45, 2.75) is 6.92 Å². The number of hydrogen-bond acceptors (Lipinski definition) is 6. The van der Waals surface area contributed by atoms with E-state index in [0.29, 0.717) is 16.7 Å². The monoisotopic (exact) mass is 398 g/mol. The van der Waals surface area contributed by atoms with Crippen LogP contribution in [-0.4, -0.2) is 27.4 Å². The zero-order valence-electron chi connectivity index (χ0n) is 16.1. The molecule has 0 unspecified atom stereocenters. The topological polar surface area (TPSA) is 101 Å². The van der Waals surface area contributed by atoms with E-state index in [-0.39, 0.29) is 23.4 Å². The number of hydrazone groups is 1. The number of carbonyl (C=O) groups is 1. The maximum absolute atomic E-state index is 12.3.